The summed E-state index contributed by atoms with van der Waals surface area (Å²) in [5.74, 6) is -0.400. The minimum atomic E-state index is -3.92. The first-order valence-corrected chi connectivity index (χ1v) is 14.5. The summed E-state index contributed by atoms with van der Waals surface area (Å²) in [7, 11) is -3.92. The molecule has 0 fully saturated rings. The standard InChI is InChI=1S/C32H26ClN3O4S/c1-22-29(33)12-7-13-30(22)36(41(39,40)26-9-3-2-4-10-26)21-23-14-16-25(17-15-23)32(38)35-34-20-28-27-11-6-5-8-24(27)18-19-31(28)37/h2-20,37H,21H2,1H3,(H,35,38)/b34-20+. The fourth-order valence-corrected chi connectivity index (χ4v) is 6.15. The van der Waals surface area contributed by atoms with Gasteiger partial charge < -0.3 is 5.11 Å². The smallest absolute Gasteiger partial charge is 0.271 e. The maximum Gasteiger partial charge on any atom is 0.271 e. The molecule has 0 aliphatic rings. The van der Waals surface area contributed by atoms with Crippen LogP contribution in [0.1, 0.15) is 27.0 Å². The molecule has 0 atom stereocenters. The van der Waals surface area contributed by atoms with Crippen LogP contribution in [0, 0.1) is 6.92 Å². The molecule has 0 unspecified atom stereocenters. The number of nitrogens with one attached hydrogen (secondary N) is 1. The molecule has 5 aromatic rings. The molecule has 1 amide bonds. The van der Waals surface area contributed by atoms with Gasteiger partial charge in [-0.15, -0.1) is 0 Å². The average molecular weight is 584 g/mol. The first kappa shape index (κ1) is 27.9. The Kier molecular flexibility index (Phi) is 8.05. The molecule has 0 spiro atoms. The lowest BCUT2D eigenvalue weighted by Crippen LogP contribution is -2.31. The Balaban J connectivity index is 1.36. The van der Waals surface area contributed by atoms with E-state index >= 15 is 0 Å². The Bertz CT molecular complexity index is 1860. The number of hydrazone groups is 1. The van der Waals surface area contributed by atoms with Gasteiger partial charge in [-0.1, -0.05) is 78.3 Å². The van der Waals surface area contributed by atoms with Crippen molar-refractivity contribution in [1.29, 1.82) is 0 Å². The average Bonchev–Trinajstić information content (AvgIpc) is 2.99. The monoisotopic (exact) mass is 583 g/mol. The highest BCUT2D eigenvalue weighted by atomic mass is 35.5. The Morgan fingerprint density at radius 3 is 2.37 bits per heavy atom. The number of phenolic OH excluding ortho intramolecular Hbond substituents is 1. The quantitative estimate of drug-likeness (QED) is 0.157. The number of carbonyl (C=O) groups is 1. The third-order valence-electron chi connectivity index (χ3n) is 6.69. The topological polar surface area (TPSA) is 99.1 Å². The van der Waals surface area contributed by atoms with E-state index in [0.717, 1.165) is 10.8 Å². The van der Waals surface area contributed by atoms with Crippen molar-refractivity contribution in [2.75, 3.05) is 4.31 Å². The summed E-state index contributed by atoms with van der Waals surface area (Å²) >= 11 is 6.34. The summed E-state index contributed by atoms with van der Waals surface area (Å²) in [6.45, 7) is 1.80. The van der Waals surface area contributed by atoms with Crippen molar-refractivity contribution < 1.29 is 18.3 Å². The number of phenols is 1. The number of nitrogens with zero attached hydrogens (tertiary/aromatic N) is 2. The van der Waals surface area contributed by atoms with Crippen molar-refractivity contribution in [3.8, 4) is 5.75 Å². The first-order valence-electron chi connectivity index (χ1n) is 12.7. The summed E-state index contributed by atoms with van der Waals surface area (Å²) in [4.78, 5) is 12.9. The minimum absolute atomic E-state index is 0.0266. The second-order valence-corrected chi connectivity index (χ2v) is 11.6. The third kappa shape index (κ3) is 5.94. The van der Waals surface area contributed by atoms with Crippen molar-refractivity contribution >= 4 is 50.2 Å². The van der Waals surface area contributed by atoms with Crippen LogP contribution in [0.3, 0.4) is 0 Å². The largest absolute Gasteiger partial charge is 0.507 e. The van der Waals surface area contributed by atoms with Crippen molar-refractivity contribution in [1.82, 2.24) is 5.43 Å². The Morgan fingerprint density at radius 1 is 0.902 bits per heavy atom. The number of sulfonamides is 1. The summed E-state index contributed by atoms with van der Waals surface area (Å²) in [6.07, 6.45) is 1.41. The normalized spacial score (nSPS) is 11.6. The lowest BCUT2D eigenvalue weighted by molar-refractivity contribution is 0.0955. The van der Waals surface area contributed by atoms with Crippen molar-refractivity contribution in [2.45, 2.75) is 18.4 Å². The molecule has 0 saturated heterocycles. The van der Waals surface area contributed by atoms with Gasteiger partial charge in [0.25, 0.3) is 15.9 Å². The fourth-order valence-electron chi connectivity index (χ4n) is 4.45. The fraction of sp³-hybridized carbons (Fsp3) is 0.0625. The maximum atomic E-state index is 13.7. The van der Waals surface area contributed by atoms with Crippen molar-refractivity contribution in [2.24, 2.45) is 5.10 Å². The van der Waals surface area contributed by atoms with E-state index in [9.17, 15) is 18.3 Å². The molecule has 2 N–H and O–H groups in total. The summed E-state index contributed by atoms with van der Waals surface area (Å²) < 4.78 is 28.7. The van der Waals surface area contributed by atoms with Gasteiger partial charge in [-0.3, -0.25) is 9.10 Å². The number of hydrogen-bond acceptors (Lipinski definition) is 5. The Hall–Kier alpha value is -4.66. The number of carbonyl (C=O) groups excluding carboxylic acids is 1. The molecule has 41 heavy (non-hydrogen) atoms. The molecular weight excluding hydrogens is 558 g/mol. The second kappa shape index (κ2) is 11.8. The number of halogens is 1. The molecule has 0 aliphatic carbocycles. The SMILES string of the molecule is Cc1c(Cl)cccc1N(Cc1ccc(C(=O)N/N=C/c2c(O)ccc3ccccc23)cc1)S(=O)(=O)c1ccccc1. The summed E-state index contributed by atoms with van der Waals surface area (Å²) in [6, 6.07) is 30.9. The van der Waals surface area contributed by atoms with Gasteiger partial charge in [0, 0.05) is 16.1 Å². The molecule has 0 bridgehead atoms. The minimum Gasteiger partial charge on any atom is -0.507 e. The molecule has 9 heteroatoms. The molecule has 0 radical (unpaired) electrons. The van der Waals surface area contributed by atoms with Crippen LogP contribution in [0.25, 0.3) is 10.8 Å². The second-order valence-electron chi connectivity index (χ2n) is 9.32. The zero-order valence-corrected chi connectivity index (χ0v) is 23.6. The summed E-state index contributed by atoms with van der Waals surface area (Å²) in [5, 5.41) is 16.5. The molecule has 0 saturated carbocycles. The van der Waals surface area contributed by atoms with Crippen LogP contribution in [0.5, 0.6) is 5.75 Å². The number of fused-ring (bicyclic) bond motifs is 1. The molecule has 5 rings (SSSR count). The molecule has 0 heterocycles. The predicted molar refractivity (Wildman–Crippen MR) is 163 cm³/mol. The van der Waals surface area contributed by atoms with Crippen LogP contribution in [0.2, 0.25) is 5.02 Å². The number of amides is 1. The van der Waals surface area contributed by atoms with E-state index in [1.165, 1.54) is 10.5 Å². The Labute approximate surface area is 243 Å². The molecule has 7 nitrogen and oxygen atoms in total. The van der Waals surface area contributed by atoms with Crippen LogP contribution < -0.4 is 9.73 Å². The third-order valence-corrected chi connectivity index (χ3v) is 8.87. The van der Waals surface area contributed by atoms with E-state index in [1.54, 1.807) is 85.8 Å². The Morgan fingerprint density at radius 2 is 1.61 bits per heavy atom. The molecule has 5 aromatic carbocycles. The number of aromatic hydroxyl groups is 1. The van der Waals surface area contributed by atoms with Crippen LogP contribution in [0.4, 0.5) is 5.69 Å². The number of anilines is 1. The van der Waals surface area contributed by atoms with Gasteiger partial charge in [-0.25, -0.2) is 13.8 Å². The lowest BCUT2D eigenvalue weighted by atomic mass is 10.0. The molecule has 206 valence electrons. The lowest BCUT2D eigenvalue weighted by Gasteiger charge is -2.26. The van der Waals surface area contributed by atoms with Crippen LogP contribution >= 0.6 is 11.6 Å². The number of rotatable bonds is 8. The highest BCUT2D eigenvalue weighted by Gasteiger charge is 2.27. The molecule has 0 aromatic heterocycles. The van der Waals surface area contributed by atoms with E-state index in [-0.39, 0.29) is 17.2 Å². The summed E-state index contributed by atoms with van der Waals surface area (Å²) in [5.41, 5.74) is 5.09. The zero-order valence-electron chi connectivity index (χ0n) is 22.0. The van der Waals surface area contributed by atoms with Crippen LogP contribution in [0.15, 0.2) is 119 Å². The van der Waals surface area contributed by atoms with Gasteiger partial charge in [0.2, 0.25) is 0 Å². The van der Waals surface area contributed by atoms with Gasteiger partial charge in [0.15, 0.2) is 0 Å². The van der Waals surface area contributed by atoms with Crippen molar-refractivity contribution in [3.63, 3.8) is 0 Å². The van der Waals surface area contributed by atoms with E-state index in [0.29, 0.717) is 33.0 Å². The van der Waals surface area contributed by atoms with Crippen molar-refractivity contribution in [3.05, 3.63) is 136 Å². The van der Waals surface area contributed by atoms with Gasteiger partial charge in [0.05, 0.1) is 23.3 Å². The van der Waals surface area contributed by atoms with Gasteiger partial charge in [0.1, 0.15) is 5.75 Å². The maximum absolute atomic E-state index is 13.7. The highest BCUT2D eigenvalue weighted by molar-refractivity contribution is 7.92. The number of benzene rings is 5. The van der Waals surface area contributed by atoms with E-state index in [1.807, 2.05) is 30.3 Å². The van der Waals surface area contributed by atoms with Gasteiger partial charge >= 0.3 is 0 Å². The van der Waals surface area contributed by atoms with Crippen LogP contribution in [-0.4, -0.2) is 25.6 Å². The van der Waals surface area contributed by atoms with E-state index in [4.69, 9.17) is 11.6 Å². The van der Waals surface area contributed by atoms with E-state index < -0.39 is 15.9 Å². The van der Waals surface area contributed by atoms with Gasteiger partial charge in [-0.05, 0) is 71.3 Å². The molecule has 0 aliphatic heterocycles. The highest BCUT2D eigenvalue weighted by Crippen LogP contribution is 2.32. The van der Waals surface area contributed by atoms with Crippen LogP contribution in [-0.2, 0) is 16.6 Å². The van der Waals surface area contributed by atoms with E-state index in [2.05, 4.69) is 10.5 Å². The predicted octanol–water partition coefficient (Wildman–Crippen LogP) is 6.67. The van der Waals surface area contributed by atoms with Gasteiger partial charge in [-0.2, -0.15) is 5.10 Å². The first-order chi connectivity index (χ1) is 19.8. The molecular formula is C32H26ClN3O4S. The zero-order chi connectivity index (χ0) is 29.0. The number of hydrogen-bond donors (Lipinski definition) is 2.